The fourth-order valence-electron chi connectivity index (χ4n) is 3.76. The summed E-state index contributed by atoms with van der Waals surface area (Å²) < 4.78 is 7.85. The summed E-state index contributed by atoms with van der Waals surface area (Å²) in [4.78, 5) is 34.4. The van der Waals surface area contributed by atoms with E-state index in [0.717, 1.165) is 30.9 Å². The van der Waals surface area contributed by atoms with Gasteiger partial charge in [-0.2, -0.15) is 0 Å². The number of aromatic nitrogens is 2. The number of hydrogen-bond acceptors (Lipinski definition) is 7. The van der Waals surface area contributed by atoms with Crippen molar-refractivity contribution in [2.24, 2.45) is 0 Å². The molecule has 3 heterocycles. The van der Waals surface area contributed by atoms with Crippen LogP contribution < -0.4 is 15.2 Å². The maximum Gasteiger partial charge on any atom is 0.272 e. The molecule has 3 aromatic rings. The molecule has 1 aromatic carbocycles. The van der Waals surface area contributed by atoms with Crippen molar-refractivity contribution in [1.82, 2.24) is 14.5 Å². The first-order valence-corrected chi connectivity index (χ1v) is 12.3. The van der Waals surface area contributed by atoms with E-state index in [0.29, 0.717) is 35.0 Å². The molecule has 1 amide bonds. The first-order chi connectivity index (χ1) is 15.1. The average Bonchev–Trinajstić information content (AvgIpc) is 3.28. The Morgan fingerprint density at radius 2 is 1.97 bits per heavy atom. The molecule has 0 saturated carbocycles. The SMILES string of the molecule is CCCn1c(SCC(=O)N2CCN(c3ccccc3OC)CC2)nc2ccsc2c1=O. The summed E-state index contributed by atoms with van der Waals surface area (Å²) >= 11 is 2.77. The molecule has 1 fully saturated rings. The number of piperazine rings is 1. The molecular formula is C22H26N4O3S2. The van der Waals surface area contributed by atoms with Crippen LogP contribution in [0.15, 0.2) is 45.7 Å². The number of benzene rings is 1. The molecule has 1 saturated heterocycles. The minimum Gasteiger partial charge on any atom is -0.495 e. The monoisotopic (exact) mass is 458 g/mol. The Morgan fingerprint density at radius 1 is 1.19 bits per heavy atom. The summed E-state index contributed by atoms with van der Waals surface area (Å²) in [7, 11) is 1.68. The van der Waals surface area contributed by atoms with E-state index in [2.05, 4.69) is 9.88 Å². The van der Waals surface area contributed by atoms with Gasteiger partial charge in [-0.3, -0.25) is 14.2 Å². The number of anilines is 1. The number of carbonyl (C=O) groups excluding carboxylic acids is 1. The van der Waals surface area contributed by atoms with Gasteiger partial charge in [-0.05, 0) is 30.0 Å². The van der Waals surface area contributed by atoms with Crippen molar-refractivity contribution in [3.05, 3.63) is 46.1 Å². The fraction of sp³-hybridized carbons (Fsp3) is 0.409. The van der Waals surface area contributed by atoms with Gasteiger partial charge < -0.3 is 14.5 Å². The van der Waals surface area contributed by atoms with Crippen LogP contribution in [-0.4, -0.2) is 59.4 Å². The molecule has 31 heavy (non-hydrogen) atoms. The summed E-state index contributed by atoms with van der Waals surface area (Å²) in [5.41, 5.74) is 1.76. The van der Waals surface area contributed by atoms with Crippen molar-refractivity contribution in [1.29, 1.82) is 0 Å². The van der Waals surface area contributed by atoms with Crippen molar-refractivity contribution >= 4 is 44.9 Å². The minimum atomic E-state index is -0.0118. The van der Waals surface area contributed by atoms with Crippen molar-refractivity contribution in [3.63, 3.8) is 0 Å². The quantitative estimate of drug-likeness (QED) is 0.400. The second kappa shape index (κ2) is 9.74. The molecule has 0 N–H and O–H groups in total. The summed E-state index contributed by atoms with van der Waals surface area (Å²) in [6.45, 7) is 5.49. The molecule has 1 aliphatic rings. The molecule has 9 heteroatoms. The summed E-state index contributed by atoms with van der Waals surface area (Å²) in [5, 5.41) is 2.51. The van der Waals surface area contributed by atoms with Crippen molar-refractivity contribution in [3.8, 4) is 5.75 Å². The Balaban J connectivity index is 1.40. The lowest BCUT2D eigenvalue weighted by atomic mass is 10.2. The molecule has 0 spiro atoms. The Labute approximate surface area is 189 Å². The number of nitrogens with zero attached hydrogens (tertiary/aromatic N) is 4. The van der Waals surface area contributed by atoms with Gasteiger partial charge in [0, 0.05) is 32.7 Å². The number of ether oxygens (including phenoxy) is 1. The van der Waals surface area contributed by atoms with Crippen LogP contribution in [0.1, 0.15) is 13.3 Å². The number of rotatable bonds is 7. The number of thioether (sulfide) groups is 1. The van der Waals surface area contributed by atoms with Gasteiger partial charge in [-0.25, -0.2) is 4.98 Å². The number of thiophene rings is 1. The van der Waals surface area contributed by atoms with E-state index in [1.807, 2.05) is 47.5 Å². The maximum absolute atomic E-state index is 12.9. The number of carbonyl (C=O) groups is 1. The van der Waals surface area contributed by atoms with E-state index in [1.54, 1.807) is 11.7 Å². The van der Waals surface area contributed by atoms with Gasteiger partial charge in [0.1, 0.15) is 10.4 Å². The summed E-state index contributed by atoms with van der Waals surface area (Å²) in [6.07, 6.45) is 0.838. The highest BCUT2D eigenvalue weighted by Crippen LogP contribution is 2.28. The van der Waals surface area contributed by atoms with E-state index >= 15 is 0 Å². The largest absolute Gasteiger partial charge is 0.495 e. The molecule has 0 bridgehead atoms. The smallest absolute Gasteiger partial charge is 0.272 e. The summed E-state index contributed by atoms with van der Waals surface area (Å²) in [6, 6.07) is 9.82. The fourth-order valence-corrected chi connectivity index (χ4v) is 5.47. The molecule has 7 nitrogen and oxygen atoms in total. The highest BCUT2D eigenvalue weighted by atomic mass is 32.2. The van der Waals surface area contributed by atoms with E-state index in [9.17, 15) is 9.59 Å². The van der Waals surface area contributed by atoms with Gasteiger partial charge in [0.2, 0.25) is 5.91 Å². The Morgan fingerprint density at radius 3 is 2.71 bits per heavy atom. The normalized spacial score (nSPS) is 14.3. The van der Waals surface area contributed by atoms with Crippen LogP contribution in [0.3, 0.4) is 0 Å². The van der Waals surface area contributed by atoms with Crippen molar-refractivity contribution in [2.75, 3.05) is 43.9 Å². The van der Waals surface area contributed by atoms with Crippen LogP contribution >= 0.6 is 23.1 Å². The highest BCUT2D eigenvalue weighted by Gasteiger charge is 2.23. The molecule has 0 atom stereocenters. The number of amides is 1. The van der Waals surface area contributed by atoms with Crippen molar-refractivity contribution in [2.45, 2.75) is 25.0 Å². The second-order valence-corrected chi connectivity index (χ2v) is 9.17. The lowest BCUT2D eigenvalue weighted by Gasteiger charge is -2.36. The Hall–Kier alpha value is -2.52. The zero-order valence-electron chi connectivity index (χ0n) is 17.7. The van der Waals surface area contributed by atoms with Gasteiger partial charge in [-0.15, -0.1) is 11.3 Å². The first kappa shape index (κ1) is 21.7. The Bertz CT molecular complexity index is 1120. The Kier molecular flexibility index (Phi) is 6.82. The standard InChI is InChI=1S/C22H26N4O3S2/c1-3-9-26-21(28)20-16(8-14-30-20)23-22(26)31-15-19(27)25-12-10-24(11-13-25)17-6-4-5-7-18(17)29-2/h4-8,14H,3,9-13,15H2,1-2H3. The lowest BCUT2D eigenvalue weighted by Crippen LogP contribution is -2.49. The van der Waals surface area contributed by atoms with Crippen LogP contribution in [0.25, 0.3) is 10.2 Å². The third-order valence-corrected chi connectivity index (χ3v) is 7.21. The predicted molar refractivity (Wildman–Crippen MR) is 127 cm³/mol. The molecule has 0 unspecified atom stereocenters. The predicted octanol–water partition coefficient (Wildman–Crippen LogP) is 3.32. The summed E-state index contributed by atoms with van der Waals surface area (Å²) in [5.74, 6) is 1.20. The average molecular weight is 459 g/mol. The third-order valence-electron chi connectivity index (χ3n) is 5.36. The van der Waals surface area contributed by atoms with Gasteiger partial charge in [-0.1, -0.05) is 30.8 Å². The number of fused-ring (bicyclic) bond motifs is 1. The number of hydrogen-bond donors (Lipinski definition) is 0. The third kappa shape index (κ3) is 4.57. The van der Waals surface area contributed by atoms with Gasteiger partial charge in [0.25, 0.3) is 5.56 Å². The molecule has 164 valence electrons. The molecule has 0 radical (unpaired) electrons. The minimum absolute atomic E-state index is 0.0118. The highest BCUT2D eigenvalue weighted by molar-refractivity contribution is 7.99. The van der Waals surface area contributed by atoms with E-state index in [4.69, 9.17) is 4.74 Å². The van der Waals surface area contributed by atoms with Crippen LogP contribution in [-0.2, 0) is 11.3 Å². The van der Waals surface area contributed by atoms with Crippen LogP contribution in [0.5, 0.6) is 5.75 Å². The van der Waals surface area contributed by atoms with Crippen LogP contribution in [0.2, 0.25) is 0 Å². The van der Waals surface area contributed by atoms with Gasteiger partial charge >= 0.3 is 0 Å². The maximum atomic E-state index is 12.9. The number of para-hydroxylation sites is 2. The van der Waals surface area contributed by atoms with Gasteiger partial charge in [0.05, 0.1) is 24.1 Å². The number of methoxy groups -OCH3 is 1. The zero-order valence-corrected chi connectivity index (χ0v) is 19.4. The van der Waals surface area contributed by atoms with E-state index in [-0.39, 0.29) is 17.2 Å². The molecule has 2 aromatic heterocycles. The van der Waals surface area contributed by atoms with Crippen LogP contribution in [0, 0.1) is 0 Å². The van der Waals surface area contributed by atoms with E-state index < -0.39 is 0 Å². The molecular weight excluding hydrogens is 432 g/mol. The van der Waals surface area contributed by atoms with Crippen molar-refractivity contribution < 1.29 is 9.53 Å². The first-order valence-electron chi connectivity index (χ1n) is 10.4. The van der Waals surface area contributed by atoms with E-state index in [1.165, 1.54) is 23.1 Å². The second-order valence-electron chi connectivity index (χ2n) is 7.31. The molecule has 0 aliphatic carbocycles. The zero-order chi connectivity index (χ0) is 21.8. The molecule has 1 aliphatic heterocycles. The van der Waals surface area contributed by atoms with Crippen LogP contribution in [0.4, 0.5) is 5.69 Å². The topological polar surface area (TPSA) is 67.7 Å². The lowest BCUT2D eigenvalue weighted by molar-refractivity contribution is -0.128. The molecule has 4 rings (SSSR count). The van der Waals surface area contributed by atoms with Gasteiger partial charge in [0.15, 0.2) is 5.16 Å².